The van der Waals surface area contributed by atoms with Crippen molar-refractivity contribution in [2.24, 2.45) is 5.84 Å². The summed E-state index contributed by atoms with van der Waals surface area (Å²) in [4.78, 5) is 10.9. The van der Waals surface area contributed by atoms with Crippen LogP contribution >= 0.6 is 11.3 Å². The van der Waals surface area contributed by atoms with E-state index in [0.29, 0.717) is 18.2 Å². The SMILES string of the molecule is CCc1cc2c(NN)nc(COC)nc2s1. The highest BCUT2D eigenvalue weighted by Gasteiger charge is 2.10. The van der Waals surface area contributed by atoms with E-state index in [1.54, 1.807) is 18.4 Å². The van der Waals surface area contributed by atoms with E-state index in [1.165, 1.54) is 4.88 Å². The Morgan fingerprint density at radius 3 is 2.94 bits per heavy atom. The molecule has 0 aromatic carbocycles. The van der Waals surface area contributed by atoms with E-state index in [-0.39, 0.29) is 0 Å². The summed E-state index contributed by atoms with van der Waals surface area (Å²) in [6, 6.07) is 2.08. The number of hydrogen-bond acceptors (Lipinski definition) is 6. The van der Waals surface area contributed by atoms with Crippen LogP contribution in [0, 0.1) is 0 Å². The zero-order valence-electron chi connectivity index (χ0n) is 9.28. The summed E-state index contributed by atoms with van der Waals surface area (Å²) in [5.74, 6) is 6.76. The van der Waals surface area contributed by atoms with E-state index in [2.05, 4.69) is 28.4 Å². The van der Waals surface area contributed by atoms with E-state index in [9.17, 15) is 0 Å². The summed E-state index contributed by atoms with van der Waals surface area (Å²) in [5.41, 5.74) is 2.61. The molecule has 2 heterocycles. The van der Waals surface area contributed by atoms with Gasteiger partial charge in [-0.1, -0.05) is 6.92 Å². The van der Waals surface area contributed by atoms with Crippen molar-refractivity contribution < 1.29 is 4.74 Å². The predicted molar refractivity (Wildman–Crippen MR) is 65.3 cm³/mol. The van der Waals surface area contributed by atoms with Gasteiger partial charge < -0.3 is 10.2 Å². The van der Waals surface area contributed by atoms with Crippen molar-refractivity contribution in [3.05, 3.63) is 16.8 Å². The number of methoxy groups -OCH3 is 1. The van der Waals surface area contributed by atoms with Crippen LogP contribution in [-0.4, -0.2) is 17.1 Å². The van der Waals surface area contributed by atoms with Crippen molar-refractivity contribution in [3.63, 3.8) is 0 Å². The number of nitrogens with one attached hydrogen (secondary N) is 1. The van der Waals surface area contributed by atoms with Crippen molar-refractivity contribution in [2.45, 2.75) is 20.0 Å². The van der Waals surface area contributed by atoms with Crippen LogP contribution in [0.4, 0.5) is 5.82 Å². The van der Waals surface area contributed by atoms with Crippen LogP contribution in [0.2, 0.25) is 0 Å². The van der Waals surface area contributed by atoms with Crippen molar-refractivity contribution >= 4 is 27.4 Å². The van der Waals surface area contributed by atoms with Crippen LogP contribution in [0.15, 0.2) is 6.07 Å². The second-order valence-corrected chi connectivity index (χ2v) is 4.47. The molecule has 0 unspecified atom stereocenters. The van der Waals surface area contributed by atoms with E-state index in [4.69, 9.17) is 10.6 Å². The summed E-state index contributed by atoms with van der Waals surface area (Å²) in [6.45, 7) is 2.51. The first-order valence-electron chi connectivity index (χ1n) is 5.03. The maximum Gasteiger partial charge on any atom is 0.158 e. The third-order valence-corrected chi connectivity index (χ3v) is 3.42. The zero-order chi connectivity index (χ0) is 11.5. The van der Waals surface area contributed by atoms with Gasteiger partial charge in [-0.15, -0.1) is 11.3 Å². The van der Waals surface area contributed by atoms with Crippen molar-refractivity contribution in [2.75, 3.05) is 12.5 Å². The Bertz CT molecular complexity index is 497. The molecule has 0 saturated carbocycles. The minimum atomic E-state index is 0.393. The molecule has 3 N–H and O–H groups in total. The lowest BCUT2D eigenvalue weighted by Gasteiger charge is -2.03. The Kier molecular flexibility index (Phi) is 3.33. The van der Waals surface area contributed by atoms with Crippen molar-refractivity contribution in [3.8, 4) is 0 Å². The van der Waals surface area contributed by atoms with Crippen LogP contribution < -0.4 is 11.3 Å². The Morgan fingerprint density at radius 2 is 2.31 bits per heavy atom. The summed E-state index contributed by atoms with van der Waals surface area (Å²) in [6.07, 6.45) is 0.991. The predicted octanol–water partition coefficient (Wildman–Crippen LogP) is 1.69. The van der Waals surface area contributed by atoms with Crippen LogP contribution in [0.5, 0.6) is 0 Å². The monoisotopic (exact) mass is 238 g/mol. The minimum Gasteiger partial charge on any atom is -0.377 e. The fourth-order valence-electron chi connectivity index (χ4n) is 1.49. The molecule has 0 aliphatic heterocycles. The maximum absolute atomic E-state index is 5.46. The molecule has 0 amide bonds. The Balaban J connectivity index is 2.56. The highest BCUT2D eigenvalue weighted by Crippen LogP contribution is 2.28. The normalized spacial score (nSPS) is 10.9. The van der Waals surface area contributed by atoms with Crippen LogP contribution in [0.3, 0.4) is 0 Å². The molecule has 0 aliphatic carbocycles. The third-order valence-electron chi connectivity index (χ3n) is 2.25. The molecule has 0 fully saturated rings. The molecule has 2 aromatic rings. The van der Waals surface area contributed by atoms with Gasteiger partial charge in [0.1, 0.15) is 11.4 Å². The molecule has 0 bridgehead atoms. The van der Waals surface area contributed by atoms with Crippen molar-refractivity contribution in [1.29, 1.82) is 0 Å². The van der Waals surface area contributed by atoms with Gasteiger partial charge in [-0.25, -0.2) is 15.8 Å². The highest BCUT2D eigenvalue weighted by atomic mass is 32.1. The number of nitrogens with two attached hydrogens (primary N) is 1. The van der Waals surface area contributed by atoms with Gasteiger partial charge in [-0.05, 0) is 12.5 Å². The van der Waals surface area contributed by atoms with E-state index in [0.717, 1.165) is 16.6 Å². The van der Waals surface area contributed by atoms with Gasteiger partial charge >= 0.3 is 0 Å². The largest absolute Gasteiger partial charge is 0.377 e. The summed E-state index contributed by atoms with van der Waals surface area (Å²) < 4.78 is 5.02. The molecule has 16 heavy (non-hydrogen) atoms. The summed E-state index contributed by atoms with van der Waals surface area (Å²) in [7, 11) is 1.62. The molecule has 0 spiro atoms. The number of aryl methyl sites for hydroxylation is 1. The summed E-state index contributed by atoms with van der Waals surface area (Å²) in [5, 5.41) is 0.976. The molecule has 2 rings (SSSR count). The first-order chi connectivity index (χ1) is 7.78. The standard InChI is InChI=1S/C10H14N4OS/c1-3-6-4-7-9(14-11)12-8(5-15-2)13-10(7)16-6/h4H,3,5,11H2,1-2H3,(H,12,13,14). The quantitative estimate of drug-likeness (QED) is 0.626. The Morgan fingerprint density at radius 1 is 1.50 bits per heavy atom. The van der Waals surface area contributed by atoms with Gasteiger partial charge in [0.05, 0.1) is 5.39 Å². The number of aromatic nitrogens is 2. The summed E-state index contributed by atoms with van der Waals surface area (Å²) >= 11 is 1.66. The minimum absolute atomic E-state index is 0.393. The number of ether oxygens (including phenoxy) is 1. The molecule has 0 saturated heterocycles. The number of hydrogen-bond donors (Lipinski definition) is 2. The van der Waals surface area contributed by atoms with Gasteiger partial charge in [0, 0.05) is 12.0 Å². The van der Waals surface area contributed by atoms with E-state index >= 15 is 0 Å². The van der Waals surface area contributed by atoms with Gasteiger partial charge in [-0.2, -0.15) is 0 Å². The highest BCUT2D eigenvalue weighted by molar-refractivity contribution is 7.18. The molecular formula is C10H14N4OS. The smallest absolute Gasteiger partial charge is 0.158 e. The number of hydrazine groups is 1. The van der Waals surface area contributed by atoms with Crippen LogP contribution in [0.1, 0.15) is 17.6 Å². The Hall–Kier alpha value is -1.24. The lowest BCUT2D eigenvalue weighted by molar-refractivity contribution is 0.178. The molecule has 0 aliphatic rings. The molecule has 86 valence electrons. The molecule has 5 nitrogen and oxygen atoms in total. The molecule has 2 aromatic heterocycles. The van der Waals surface area contributed by atoms with Gasteiger partial charge in [0.2, 0.25) is 0 Å². The maximum atomic E-state index is 5.46. The Labute approximate surface area is 97.6 Å². The van der Waals surface area contributed by atoms with Gasteiger partial charge in [0.25, 0.3) is 0 Å². The number of rotatable bonds is 4. The van der Waals surface area contributed by atoms with E-state index < -0.39 is 0 Å². The topological polar surface area (TPSA) is 73.1 Å². The van der Waals surface area contributed by atoms with Crippen LogP contribution in [-0.2, 0) is 17.8 Å². The number of thiophene rings is 1. The lowest BCUT2D eigenvalue weighted by Crippen LogP contribution is -2.10. The van der Waals surface area contributed by atoms with Gasteiger partial charge in [-0.3, -0.25) is 0 Å². The average Bonchev–Trinajstić information content (AvgIpc) is 2.71. The number of anilines is 1. The number of fused-ring (bicyclic) bond motifs is 1. The van der Waals surface area contributed by atoms with Gasteiger partial charge in [0.15, 0.2) is 11.6 Å². The second-order valence-electron chi connectivity index (χ2n) is 3.35. The molecular weight excluding hydrogens is 224 g/mol. The van der Waals surface area contributed by atoms with Crippen molar-refractivity contribution in [1.82, 2.24) is 9.97 Å². The molecule has 6 heteroatoms. The fraction of sp³-hybridized carbons (Fsp3) is 0.400. The molecule has 0 atom stereocenters. The number of nitrogens with zero attached hydrogens (tertiary/aromatic N) is 2. The molecule has 0 radical (unpaired) electrons. The van der Waals surface area contributed by atoms with Crippen LogP contribution in [0.25, 0.3) is 10.2 Å². The van der Waals surface area contributed by atoms with E-state index in [1.807, 2.05) is 0 Å². The average molecular weight is 238 g/mol. The third kappa shape index (κ3) is 1.99. The number of nitrogen functional groups attached to an aromatic ring is 1. The fourth-order valence-corrected chi connectivity index (χ4v) is 2.48. The first kappa shape index (κ1) is 11.3. The second kappa shape index (κ2) is 4.73. The first-order valence-corrected chi connectivity index (χ1v) is 5.85. The zero-order valence-corrected chi connectivity index (χ0v) is 10.1. The lowest BCUT2D eigenvalue weighted by atomic mass is 10.3.